The molecule has 3 aromatic rings. The lowest BCUT2D eigenvalue weighted by atomic mass is 9.59. The fourth-order valence-electron chi connectivity index (χ4n) is 6.27. The van der Waals surface area contributed by atoms with E-state index in [1.165, 1.54) is 6.07 Å². The number of carbonyl (C=O) groups excluding carboxylic acids is 1. The van der Waals surface area contributed by atoms with E-state index in [0.29, 0.717) is 31.5 Å². The number of ether oxygens (including phenoxy) is 1. The van der Waals surface area contributed by atoms with Crippen molar-refractivity contribution < 1.29 is 28.2 Å². The molecule has 0 bridgehead atoms. The number of piperidine rings is 1. The average molecular weight is 542 g/mol. The van der Waals surface area contributed by atoms with Gasteiger partial charge in [0.15, 0.2) is 5.69 Å². The summed E-state index contributed by atoms with van der Waals surface area (Å²) < 4.78 is 34.0. The molecule has 9 nitrogen and oxygen atoms in total. The fraction of sp³-hybridized carbons (Fsp3) is 0.464. The number of H-pyrrole nitrogens is 1. The second kappa shape index (κ2) is 9.78. The van der Waals surface area contributed by atoms with E-state index in [4.69, 9.17) is 10.5 Å². The number of carbonyl (C=O) groups is 2. The molecule has 1 saturated carbocycles. The summed E-state index contributed by atoms with van der Waals surface area (Å²) >= 11 is 0. The number of anilines is 1. The van der Waals surface area contributed by atoms with Crippen molar-refractivity contribution in [1.29, 1.82) is 0 Å². The number of nitrogens with one attached hydrogen (secondary N) is 2. The van der Waals surface area contributed by atoms with Crippen LogP contribution in [0.5, 0.6) is 5.75 Å². The van der Waals surface area contributed by atoms with Gasteiger partial charge in [0, 0.05) is 53.7 Å². The predicted octanol–water partition coefficient (Wildman–Crippen LogP) is 4.62. The number of primary amides is 1. The van der Waals surface area contributed by atoms with Crippen molar-refractivity contribution in [1.82, 2.24) is 14.9 Å². The number of nitrogens with two attached hydrogens (primary N) is 1. The molecule has 1 amide bonds. The number of alkyl halides is 2. The third-order valence-electron chi connectivity index (χ3n) is 8.24. The molecule has 11 heteroatoms. The van der Waals surface area contributed by atoms with Gasteiger partial charge in [-0.15, -0.1) is 0 Å². The Morgan fingerprint density at radius 1 is 1.33 bits per heavy atom. The van der Waals surface area contributed by atoms with Gasteiger partial charge in [0.05, 0.1) is 7.11 Å². The Labute approximate surface area is 224 Å². The lowest BCUT2D eigenvalue weighted by Crippen LogP contribution is -2.53. The van der Waals surface area contributed by atoms with E-state index in [1.807, 2.05) is 25.3 Å². The molecular formula is C28H33F2N5O4. The number of hydrogen-bond donors (Lipinski definition) is 4. The number of aromatic nitrogens is 2. The largest absolute Gasteiger partial charge is 0.496 e. The summed E-state index contributed by atoms with van der Waals surface area (Å²) in [4.78, 5) is 33.3. The van der Waals surface area contributed by atoms with Crippen molar-refractivity contribution >= 4 is 28.6 Å². The first-order valence-corrected chi connectivity index (χ1v) is 13.0. The van der Waals surface area contributed by atoms with E-state index in [2.05, 4.69) is 20.2 Å². The third kappa shape index (κ3) is 5.03. The van der Waals surface area contributed by atoms with Crippen LogP contribution in [-0.4, -0.2) is 57.5 Å². The highest BCUT2D eigenvalue weighted by Gasteiger charge is 2.58. The molecule has 2 aliphatic rings. The van der Waals surface area contributed by atoms with Crippen LogP contribution in [0, 0.1) is 12.3 Å². The Kier molecular flexibility index (Phi) is 6.74. The molecule has 2 aromatic heterocycles. The SMILES string of the molecule is COc1cc(C)c2[nH]ccc2c1CN1CCC2(C[C@@H]1c1ccc(C(=O)O)nc1N[C@H](C)C(N)=O)CC(F)(F)C2. The van der Waals surface area contributed by atoms with E-state index in [1.54, 1.807) is 20.1 Å². The van der Waals surface area contributed by atoms with Crippen LogP contribution in [0.25, 0.3) is 10.9 Å². The number of aromatic carboxylic acids is 1. The maximum Gasteiger partial charge on any atom is 0.354 e. The summed E-state index contributed by atoms with van der Waals surface area (Å²) in [5.74, 6) is -3.59. The lowest BCUT2D eigenvalue weighted by molar-refractivity contribution is -0.186. The second-order valence-corrected chi connectivity index (χ2v) is 11.0. The van der Waals surface area contributed by atoms with Gasteiger partial charge in [-0.2, -0.15) is 0 Å². The third-order valence-corrected chi connectivity index (χ3v) is 8.24. The zero-order valence-electron chi connectivity index (χ0n) is 22.2. The van der Waals surface area contributed by atoms with Crippen LogP contribution < -0.4 is 15.8 Å². The number of benzene rings is 1. The van der Waals surface area contributed by atoms with E-state index >= 15 is 0 Å². The molecule has 1 spiro atoms. The molecule has 2 fully saturated rings. The number of amides is 1. The summed E-state index contributed by atoms with van der Waals surface area (Å²) in [7, 11) is 1.62. The van der Waals surface area contributed by atoms with Gasteiger partial charge in [0.1, 0.15) is 17.6 Å². The van der Waals surface area contributed by atoms with Crippen molar-refractivity contribution in [2.75, 3.05) is 19.0 Å². The quantitative estimate of drug-likeness (QED) is 0.327. The number of methoxy groups -OCH3 is 1. The van der Waals surface area contributed by atoms with Gasteiger partial charge in [0.25, 0.3) is 0 Å². The molecule has 1 aromatic carbocycles. The van der Waals surface area contributed by atoms with Gasteiger partial charge in [-0.05, 0) is 62.4 Å². The van der Waals surface area contributed by atoms with Crippen molar-refractivity contribution in [3.8, 4) is 5.75 Å². The van der Waals surface area contributed by atoms with Gasteiger partial charge in [-0.25, -0.2) is 18.6 Å². The lowest BCUT2D eigenvalue weighted by Gasteiger charge is -2.54. The molecule has 0 radical (unpaired) electrons. The number of carboxylic acid groups (broad SMARTS) is 1. The maximum absolute atomic E-state index is 14.1. The van der Waals surface area contributed by atoms with Gasteiger partial charge in [-0.1, -0.05) is 6.07 Å². The highest BCUT2D eigenvalue weighted by molar-refractivity contribution is 5.88. The van der Waals surface area contributed by atoms with Gasteiger partial charge < -0.3 is 25.9 Å². The summed E-state index contributed by atoms with van der Waals surface area (Å²) in [5.41, 5.74) is 8.40. The van der Waals surface area contributed by atoms with Crippen LogP contribution in [0.1, 0.15) is 65.8 Å². The molecule has 1 aliphatic carbocycles. The Hall–Kier alpha value is -3.73. The average Bonchev–Trinajstić information content (AvgIpc) is 3.36. The van der Waals surface area contributed by atoms with Crippen molar-refractivity contribution in [3.63, 3.8) is 0 Å². The van der Waals surface area contributed by atoms with Gasteiger partial charge in [-0.3, -0.25) is 9.69 Å². The summed E-state index contributed by atoms with van der Waals surface area (Å²) in [6.45, 7) is 4.59. The number of aryl methyl sites for hydroxylation is 1. The van der Waals surface area contributed by atoms with E-state index in [-0.39, 0.29) is 30.4 Å². The van der Waals surface area contributed by atoms with Crippen LogP contribution >= 0.6 is 0 Å². The van der Waals surface area contributed by atoms with E-state index < -0.39 is 29.3 Å². The molecule has 5 N–H and O–H groups in total. The van der Waals surface area contributed by atoms with Crippen LogP contribution in [0.4, 0.5) is 14.6 Å². The number of halogens is 2. The minimum atomic E-state index is -2.68. The number of carboxylic acids is 1. The predicted molar refractivity (Wildman–Crippen MR) is 142 cm³/mol. The molecule has 2 atom stereocenters. The topological polar surface area (TPSA) is 134 Å². The normalized spacial score (nSPS) is 20.9. The number of pyridine rings is 1. The zero-order chi connectivity index (χ0) is 28.1. The Morgan fingerprint density at radius 3 is 2.72 bits per heavy atom. The number of aromatic amines is 1. The molecule has 208 valence electrons. The highest BCUT2D eigenvalue weighted by Crippen LogP contribution is 2.61. The van der Waals surface area contributed by atoms with Crippen LogP contribution in [0.3, 0.4) is 0 Å². The summed E-state index contributed by atoms with van der Waals surface area (Å²) in [5, 5.41) is 13.5. The fourth-order valence-corrected chi connectivity index (χ4v) is 6.27. The van der Waals surface area contributed by atoms with E-state index in [0.717, 1.165) is 27.8 Å². The number of hydrogen-bond acceptors (Lipinski definition) is 6. The molecule has 1 saturated heterocycles. The van der Waals surface area contributed by atoms with Crippen molar-refractivity contribution in [2.24, 2.45) is 11.1 Å². The molecule has 5 rings (SSSR count). The second-order valence-electron chi connectivity index (χ2n) is 11.0. The van der Waals surface area contributed by atoms with Crippen molar-refractivity contribution in [3.05, 3.63) is 52.8 Å². The molecule has 3 heterocycles. The number of fused-ring (bicyclic) bond motifs is 1. The van der Waals surface area contributed by atoms with Crippen molar-refractivity contribution in [2.45, 2.75) is 64.1 Å². The standard InChI is InChI=1S/C28H33F2N5O4/c1-15-10-22(39-3)19(17-6-8-32-23(15)17)12-35-9-7-27(13-28(29,30)14-27)11-21(35)18-4-5-20(26(37)38)34-25(18)33-16(2)24(31)36/h4-6,8,10,16,21,32H,7,9,11-14H2,1-3H3,(H2,31,36)(H,33,34)(H,37,38)/t16-,21-/m1/s1. The van der Waals surface area contributed by atoms with Gasteiger partial charge in [0.2, 0.25) is 11.8 Å². The zero-order valence-corrected chi connectivity index (χ0v) is 22.2. The van der Waals surface area contributed by atoms with Crippen LogP contribution in [-0.2, 0) is 11.3 Å². The number of rotatable bonds is 8. The number of nitrogens with zero attached hydrogens (tertiary/aromatic N) is 2. The first-order chi connectivity index (χ1) is 18.4. The Morgan fingerprint density at radius 2 is 2.08 bits per heavy atom. The maximum atomic E-state index is 14.1. The monoisotopic (exact) mass is 541 g/mol. The summed E-state index contributed by atoms with van der Waals surface area (Å²) in [6.07, 6.45) is 2.58. The first kappa shape index (κ1) is 26.9. The van der Waals surface area contributed by atoms with Gasteiger partial charge >= 0.3 is 5.97 Å². The number of likely N-dealkylation sites (tertiary alicyclic amines) is 1. The Balaban J connectivity index is 1.58. The minimum absolute atomic E-state index is 0.179. The summed E-state index contributed by atoms with van der Waals surface area (Å²) in [6, 6.07) is 5.86. The van der Waals surface area contributed by atoms with E-state index in [9.17, 15) is 23.5 Å². The Bertz CT molecular complexity index is 1430. The molecular weight excluding hydrogens is 508 g/mol. The molecule has 1 aliphatic heterocycles. The first-order valence-electron chi connectivity index (χ1n) is 13.0. The molecule has 39 heavy (non-hydrogen) atoms. The minimum Gasteiger partial charge on any atom is -0.496 e. The highest BCUT2D eigenvalue weighted by atomic mass is 19.3. The smallest absolute Gasteiger partial charge is 0.354 e. The van der Waals surface area contributed by atoms with Crippen LogP contribution in [0.2, 0.25) is 0 Å². The van der Waals surface area contributed by atoms with Crippen LogP contribution in [0.15, 0.2) is 30.5 Å². The molecule has 0 unspecified atom stereocenters.